The highest BCUT2D eigenvalue weighted by Gasteiger charge is 2.27. The molecule has 2 unspecified atom stereocenters. The zero-order valence-electron chi connectivity index (χ0n) is 9.52. The van der Waals surface area contributed by atoms with E-state index in [0.29, 0.717) is 5.92 Å². The van der Waals surface area contributed by atoms with Crippen LogP contribution in [0.2, 0.25) is 0 Å². The molecule has 0 amide bonds. The molecule has 1 N–H and O–H groups in total. The topological polar surface area (TPSA) is 12.0 Å². The van der Waals surface area contributed by atoms with E-state index < -0.39 is 0 Å². The minimum absolute atomic E-state index is 0.187. The second-order valence-corrected chi connectivity index (χ2v) is 5.19. The Morgan fingerprint density at radius 1 is 1.64 bits per heavy atom. The van der Waals surface area contributed by atoms with Crippen LogP contribution in [-0.2, 0) is 0 Å². The molecule has 0 aliphatic heterocycles. The minimum atomic E-state index is -0.187. The first-order valence-corrected chi connectivity index (χ1v) is 5.67. The molecule has 0 radical (unpaired) electrons. The summed E-state index contributed by atoms with van der Waals surface area (Å²) in [6.45, 7) is 9.49. The van der Waals surface area contributed by atoms with Crippen molar-refractivity contribution in [3.8, 4) is 0 Å². The summed E-state index contributed by atoms with van der Waals surface area (Å²) in [4.78, 5) is -0.187. The van der Waals surface area contributed by atoms with Crippen LogP contribution in [0.25, 0.3) is 0 Å². The van der Waals surface area contributed by atoms with Gasteiger partial charge in [0.2, 0.25) is 0 Å². The van der Waals surface area contributed by atoms with Crippen LogP contribution in [0.5, 0.6) is 0 Å². The van der Waals surface area contributed by atoms with E-state index >= 15 is 0 Å². The van der Waals surface area contributed by atoms with Crippen molar-refractivity contribution >= 4 is 11.6 Å². The Bertz CT molecular complexity index is 263. The molecule has 0 saturated heterocycles. The van der Waals surface area contributed by atoms with Crippen LogP contribution in [-0.4, -0.2) is 11.4 Å². The van der Waals surface area contributed by atoms with Crippen molar-refractivity contribution in [2.75, 3.05) is 6.54 Å². The zero-order valence-corrected chi connectivity index (χ0v) is 10.3. The summed E-state index contributed by atoms with van der Waals surface area (Å²) in [6, 6.07) is 0. The van der Waals surface area contributed by atoms with Gasteiger partial charge in [0.05, 0.1) is 4.87 Å². The summed E-state index contributed by atoms with van der Waals surface area (Å²) >= 11 is 6.46. The highest BCUT2D eigenvalue weighted by molar-refractivity contribution is 6.25. The van der Waals surface area contributed by atoms with E-state index in [1.54, 1.807) is 0 Å². The summed E-state index contributed by atoms with van der Waals surface area (Å²) in [5.74, 6) is 0.528. The van der Waals surface area contributed by atoms with Gasteiger partial charge < -0.3 is 5.32 Å². The van der Waals surface area contributed by atoms with Gasteiger partial charge in [0.1, 0.15) is 0 Å². The number of hydrogen-bond acceptors (Lipinski definition) is 1. The van der Waals surface area contributed by atoms with Crippen molar-refractivity contribution in [2.24, 2.45) is 5.92 Å². The van der Waals surface area contributed by atoms with Crippen molar-refractivity contribution in [2.45, 2.75) is 39.0 Å². The van der Waals surface area contributed by atoms with Crippen molar-refractivity contribution in [1.29, 1.82) is 0 Å². The number of hydrogen-bond donors (Lipinski definition) is 1. The minimum Gasteiger partial charge on any atom is -0.386 e. The molecule has 0 heterocycles. The van der Waals surface area contributed by atoms with E-state index in [1.165, 1.54) is 11.3 Å². The first-order chi connectivity index (χ1) is 6.45. The Labute approximate surface area is 92.2 Å². The molecule has 0 aromatic carbocycles. The first kappa shape index (κ1) is 11.6. The van der Waals surface area contributed by atoms with Gasteiger partial charge in [-0.2, -0.15) is 0 Å². The van der Waals surface area contributed by atoms with Crippen molar-refractivity contribution in [3.63, 3.8) is 0 Å². The van der Waals surface area contributed by atoms with Crippen LogP contribution >= 0.6 is 11.6 Å². The lowest BCUT2D eigenvalue weighted by atomic mass is 9.93. The van der Waals surface area contributed by atoms with E-state index in [9.17, 15) is 0 Å². The van der Waals surface area contributed by atoms with Crippen LogP contribution in [0.4, 0.5) is 0 Å². The largest absolute Gasteiger partial charge is 0.386 e. The third-order valence-electron chi connectivity index (χ3n) is 2.74. The summed E-state index contributed by atoms with van der Waals surface area (Å²) in [6.07, 6.45) is 5.44. The fraction of sp³-hybridized carbons (Fsp3) is 0.667. The molecule has 0 fully saturated rings. The van der Waals surface area contributed by atoms with Gasteiger partial charge in [-0.1, -0.05) is 18.6 Å². The molecule has 1 aliphatic rings. The summed E-state index contributed by atoms with van der Waals surface area (Å²) < 4.78 is 0. The molecule has 0 spiro atoms. The van der Waals surface area contributed by atoms with Gasteiger partial charge in [-0.15, -0.1) is 11.6 Å². The normalized spacial score (nSPS) is 33.1. The summed E-state index contributed by atoms with van der Waals surface area (Å²) in [7, 11) is 0. The molecule has 2 atom stereocenters. The Balaban J connectivity index is 2.91. The Morgan fingerprint density at radius 2 is 2.29 bits per heavy atom. The third-order valence-corrected chi connectivity index (χ3v) is 3.20. The maximum absolute atomic E-state index is 6.46. The quantitative estimate of drug-likeness (QED) is 0.693. The Kier molecular flexibility index (Phi) is 3.65. The molecular weight excluding hydrogens is 194 g/mol. The molecule has 14 heavy (non-hydrogen) atoms. The summed E-state index contributed by atoms with van der Waals surface area (Å²) in [5, 5.41) is 3.35. The lowest BCUT2D eigenvalue weighted by molar-refractivity contribution is 0.555. The van der Waals surface area contributed by atoms with Crippen LogP contribution in [0.15, 0.2) is 23.4 Å². The summed E-state index contributed by atoms with van der Waals surface area (Å²) in [5.41, 5.74) is 2.46. The fourth-order valence-corrected chi connectivity index (χ4v) is 2.17. The molecule has 1 rings (SSSR count). The monoisotopic (exact) mass is 213 g/mol. The van der Waals surface area contributed by atoms with E-state index in [4.69, 9.17) is 11.6 Å². The smallest absolute Gasteiger partial charge is 0.0633 e. The van der Waals surface area contributed by atoms with Crippen LogP contribution < -0.4 is 5.32 Å². The molecule has 1 aliphatic carbocycles. The lowest BCUT2D eigenvalue weighted by Gasteiger charge is -2.23. The van der Waals surface area contributed by atoms with E-state index in [-0.39, 0.29) is 4.87 Å². The predicted octanol–water partition coefficient (Wildman–Crippen LogP) is 3.46. The molecule has 0 saturated carbocycles. The molecule has 2 heteroatoms. The number of rotatable bonds is 2. The second-order valence-electron chi connectivity index (χ2n) is 4.36. The van der Waals surface area contributed by atoms with Gasteiger partial charge in [-0.05, 0) is 39.2 Å². The second kappa shape index (κ2) is 4.39. The molecule has 0 aromatic heterocycles. The lowest BCUT2D eigenvalue weighted by Crippen LogP contribution is -2.19. The fourth-order valence-electron chi connectivity index (χ4n) is 1.88. The predicted molar refractivity (Wildman–Crippen MR) is 63.6 cm³/mol. The number of nitrogens with one attached hydrogen (secondary N) is 1. The van der Waals surface area contributed by atoms with Gasteiger partial charge in [0.15, 0.2) is 0 Å². The zero-order chi connectivity index (χ0) is 10.8. The SMILES string of the molecule is CCNC1=CC(C)CC(C)(Cl)C(C)=C1. The van der Waals surface area contributed by atoms with Crippen molar-refractivity contribution in [1.82, 2.24) is 5.32 Å². The van der Waals surface area contributed by atoms with Gasteiger partial charge in [-0.25, -0.2) is 0 Å². The van der Waals surface area contributed by atoms with E-state index in [2.05, 4.69) is 45.2 Å². The van der Waals surface area contributed by atoms with Gasteiger partial charge in [0.25, 0.3) is 0 Å². The van der Waals surface area contributed by atoms with Gasteiger partial charge in [-0.3, -0.25) is 0 Å². The maximum Gasteiger partial charge on any atom is 0.0633 e. The Morgan fingerprint density at radius 3 is 2.86 bits per heavy atom. The first-order valence-electron chi connectivity index (χ1n) is 5.29. The van der Waals surface area contributed by atoms with Gasteiger partial charge in [0, 0.05) is 12.2 Å². The number of alkyl halides is 1. The molecule has 0 aromatic rings. The Hall–Kier alpha value is -0.430. The average molecular weight is 214 g/mol. The van der Waals surface area contributed by atoms with Crippen molar-refractivity contribution < 1.29 is 0 Å². The highest BCUT2D eigenvalue weighted by Crippen LogP contribution is 2.35. The van der Waals surface area contributed by atoms with Crippen LogP contribution in [0.1, 0.15) is 34.1 Å². The number of halogens is 1. The van der Waals surface area contributed by atoms with Gasteiger partial charge >= 0.3 is 0 Å². The third kappa shape index (κ3) is 2.78. The maximum atomic E-state index is 6.46. The number of likely N-dealkylation sites (N-methyl/N-ethyl adjacent to an activating group) is 1. The molecule has 80 valence electrons. The van der Waals surface area contributed by atoms with E-state index in [1.807, 2.05) is 0 Å². The van der Waals surface area contributed by atoms with Crippen molar-refractivity contribution in [3.05, 3.63) is 23.4 Å². The molecule has 0 bridgehead atoms. The molecular formula is C12H20ClN. The van der Waals surface area contributed by atoms with Crippen LogP contribution in [0, 0.1) is 5.92 Å². The molecule has 1 nitrogen and oxygen atoms in total. The highest BCUT2D eigenvalue weighted by atomic mass is 35.5. The average Bonchev–Trinajstić information content (AvgIpc) is 2.10. The number of allylic oxidation sites excluding steroid dienone is 3. The van der Waals surface area contributed by atoms with Crippen LogP contribution in [0.3, 0.4) is 0 Å². The standard InChI is InChI=1S/C12H20ClN/c1-5-14-11-6-9(2)8-12(4,13)10(3)7-11/h6-7,9,14H,5,8H2,1-4H3. The van der Waals surface area contributed by atoms with E-state index in [0.717, 1.165) is 13.0 Å².